The second kappa shape index (κ2) is 10.5. The number of carbonyl (C=O) groups excluding carboxylic acids is 1. The number of rotatable bonds is 8. The van der Waals surface area contributed by atoms with E-state index >= 15 is 0 Å². The number of anilines is 4. The number of nitrogens with one attached hydrogen (secondary N) is 2. The van der Waals surface area contributed by atoms with Gasteiger partial charge in [0.2, 0.25) is 11.9 Å². The summed E-state index contributed by atoms with van der Waals surface area (Å²) in [6.07, 6.45) is 2.38. The Morgan fingerprint density at radius 2 is 1.69 bits per heavy atom. The van der Waals surface area contributed by atoms with Crippen LogP contribution in [0.25, 0.3) is 6.08 Å². The van der Waals surface area contributed by atoms with Crippen LogP contribution in [0.2, 0.25) is 0 Å². The van der Waals surface area contributed by atoms with Gasteiger partial charge in [-0.25, -0.2) is 13.8 Å². The Morgan fingerprint density at radius 3 is 2.38 bits per heavy atom. The van der Waals surface area contributed by atoms with Crippen molar-refractivity contribution in [2.45, 2.75) is 20.8 Å². The standard InChI is InChI=1S/C24H25F2N5O/c1-4-31(5-2)22-14-16(3)27-24(30-22)29-20-10-8-19(9-11-20)28-23(32)13-6-17-15-18(25)7-12-21(17)26/h6-15H,4-5H2,1-3H3,(H,28,32)(H,27,29,30)/b13-6+. The molecule has 8 heteroatoms. The lowest BCUT2D eigenvalue weighted by Gasteiger charge is -2.20. The van der Waals surface area contributed by atoms with Crippen molar-refractivity contribution in [2.24, 2.45) is 0 Å². The molecule has 166 valence electrons. The molecule has 0 atom stereocenters. The summed E-state index contributed by atoms with van der Waals surface area (Å²) in [6.45, 7) is 7.76. The van der Waals surface area contributed by atoms with Crippen molar-refractivity contribution in [3.63, 3.8) is 0 Å². The van der Waals surface area contributed by atoms with Gasteiger partial charge >= 0.3 is 0 Å². The summed E-state index contributed by atoms with van der Waals surface area (Å²) in [6, 6.07) is 12.0. The molecule has 0 saturated carbocycles. The van der Waals surface area contributed by atoms with Crippen molar-refractivity contribution in [3.05, 3.63) is 77.5 Å². The average molecular weight is 437 g/mol. The number of hydrogen-bond acceptors (Lipinski definition) is 5. The van der Waals surface area contributed by atoms with Gasteiger partial charge < -0.3 is 15.5 Å². The molecule has 6 nitrogen and oxygen atoms in total. The first-order chi connectivity index (χ1) is 15.4. The maximum atomic E-state index is 13.6. The number of hydrogen-bond donors (Lipinski definition) is 2. The van der Waals surface area contributed by atoms with E-state index < -0.39 is 17.5 Å². The monoisotopic (exact) mass is 437 g/mol. The topological polar surface area (TPSA) is 70.2 Å². The van der Waals surface area contributed by atoms with Crippen LogP contribution in [-0.2, 0) is 4.79 Å². The second-order valence-electron chi connectivity index (χ2n) is 7.05. The molecular formula is C24H25F2N5O. The lowest BCUT2D eigenvalue weighted by molar-refractivity contribution is -0.111. The molecule has 2 N–H and O–H groups in total. The summed E-state index contributed by atoms with van der Waals surface area (Å²) in [4.78, 5) is 23.2. The van der Waals surface area contributed by atoms with E-state index in [4.69, 9.17) is 0 Å². The van der Waals surface area contributed by atoms with E-state index in [0.29, 0.717) is 11.6 Å². The molecular weight excluding hydrogens is 412 g/mol. The van der Waals surface area contributed by atoms with Gasteiger partial charge in [0.15, 0.2) is 0 Å². The van der Waals surface area contributed by atoms with E-state index in [1.165, 1.54) is 6.08 Å². The zero-order valence-electron chi connectivity index (χ0n) is 18.2. The van der Waals surface area contributed by atoms with E-state index in [1.54, 1.807) is 24.3 Å². The summed E-state index contributed by atoms with van der Waals surface area (Å²) >= 11 is 0. The minimum absolute atomic E-state index is 0.00179. The Labute approximate surface area is 186 Å². The van der Waals surface area contributed by atoms with Crippen molar-refractivity contribution in [1.29, 1.82) is 0 Å². The molecule has 0 radical (unpaired) electrons. The average Bonchev–Trinajstić information content (AvgIpc) is 2.76. The molecule has 0 aliphatic carbocycles. The van der Waals surface area contributed by atoms with E-state index in [-0.39, 0.29) is 5.56 Å². The largest absolute Gasteiger partial charge is 0.357 e. The normalized spacial score (nSPS) is 10.9. The Kier molecular flexibility index (Phi) is 7.49. The summed E-state index contributed by atoms with van der Waals surface area (Å²) in [7, 11) is 0. The van der Waals surface area contributed by atoms with Crippen LogP contribution >= 0.6 is 0 Å². The van der Waals surface area contributed by atoms with Crippen molar-refractivity contribution >= 4 is 35.1 Å². The van der Waals surface area contributed by atoms with Gasteiger partial charge in [-0.15, -0.1) is 0 Å². The maximum absolute atomic E-state index is 13.6. The van der Waals surface area contributed by atoms with Crippen molar-refractivity contribution in [2.75, 3.05) is 28.6 Å². The van der Waals surface area contributed by atoms with Gasteiger partial charge in [0.25, 0.3) is 0 Å². The van der Waals surface area contributed by atoms with Crippen molar-refractivity contribution in [3.8, 4) is 0 Å². The Morgan fingerprint density at radius 1 is 1.00 bits per heavy atom. The number of carbonyl (C=O) groups is 1. The number of amides is 1. The van der Waals surface area contributed by atoms with Crippen LogP contribution < -0.4 is 15.5 Å². The molecule has 0 saturated heterocycles. The van der Waals surface area contributed by atoms with Gasteiger partial charge in [-0.3, -0.25) is 4.79 Å². The van der Waals surface area contributed by atoms with E-state index in [2.05, 4.69) is 39.3 Å². The zero-order valence-corrected chi connectivity index (χ0v) is 18.2. The number of halogens is 2. The summed E-state index contributed by atoms with van der Waals surface area (Å²) in [5.74, 6) is -0.288. The van der Waals surface area contributed by atoms with Gasteiger partial charge in [-0.1, -0.05) is 0 Å². The fourth-order valence-electron chi connectivity index (χ4n) is 3.08. The predicted molar refractivity (Wildman–Crippen MR) is 124 cm³/mol. The molecule has 0 aliphatic rings. The Balaban J connectivity index is 1.65. The first-order valence-electron chi connectivity index (χ1n) is 10.3. The van der Waals surface area contributed by atoms with Gasteiger partial charge in [-0.2, -0.15) is 4.98 Å². The highest BCUT2D eigenvalue weighted by Gasteiger charge is 2.08. The molecule has 1 heterocycles. The van der Waals surface area contributed by atoms with Crippen LogP contribution in [0, 0.1) is 18.6 Å². The molecule has 0 fully saturated rings. The Bertz CT molecular complexity index is 1110. The molecule has 1 amide bonds. The molecule has 0 spiro atoms. The minimum Gasteiger partial charge on any atom is -0.357 e. The molecule has 0 bridgehead atoms. The third-order valence-corrected chi connectivity index (χ3v) is 4.71. The van der Waals surface area contributed by atoms with Crippen LogP contribution in [0.5, 0.6) is 0 Å². The van der Waals surface area contributed by atoms with E-state index in [1.807, 2.05) is 13.0 Å². The maximum Gasteiger partial charge on any atom is 0.248 e. The van der Waals surface area contributed by atoms with Gasteiger partial charge in [-0.05, 0) is 69.3 Å². The smallest absolute Gasteiger partial charge is 0.248 e. The van der Waals surface area contributed by atoms with Gasteiger partial charge in [0.1, 0.15) is 17.5 Å². The van der Waals surface area contributed by atoms with Crippen LogP contribution in [0.15, 0.2) is 54.6 Å². The lowest BCUT2D eigenvalue weighted by Crippen LogP contribution is -2.23. The van der Waals surface area contributed by atoms with Crippen LogP contribution in [-0.4, -0.2) is 29.0 Å². The van der Waals surface area contributed by atoms with Crippen LogP contribution in [0.1, 0.15) is 25.1 Å². The predicted octanol–water partition coefficient (Wildman–Crippen LogP) is 5.30. The Hall–Kier alpha value is -3.81. The molecule has 2 aromatic carbocycles. The molecule has 32 heavy (non-hydrogen) atoms. The quantitative estimate of drug-likeness (QED) is 0.468. The van der Waals surface area contributed by atoms with Crippen molar-refractivity contribution < 1.29 is 13.6 Å². The molecule has 0 unspecified atom stereocenters. The third kappa shape index (κ3) is 6.10. The van der Waals surface area contributed by atoms with Crippen LogP contribution in [0.4, 0.5) is 31.9 Å². The van der Waals surface area contributed by atoms with Gasteiger partial charge in [0.05, 0.1) is 0 Å². The fraction of sp³-hybridized carbons (Fsp3) is 0.208. The molecule has 3 aromatic rings. The van der Waals surface area contributed by atoms with E-state index in [0.717, 1.165) is 54.6 Å². The number of aromatic nitrogens is 2. The molecule has 1 aromatic heterocycles. The fourth-order valence-corrected chi connectivity index (χ4v) is 3.08. The second-order valence-corrected chi connectivity index (χ2v) is 7.05. The lowest BCUT2D eigenvalue weighted by atomic mass is 10.2. The minimum atomic E-state index is -0.603. The zero-order chi connectivity index (χ0) is 23.1. The highest BCUT2D eigenvalue weighted by atomic mass is 19.1. The SMILES string of the molecule is CCN(CC)c1cc(C)nc(Nc2ccc(NC(=O)/C=C/c3cc(F)ccc3F)cc2)n1. The summed E-state index contributed by atoms with van der Waals surface area (Å²) in [5.41, 5.74) is 2.17. The molecule has 0 aliphatic heterocycles. The molecule has 3 rings (SSSR count). The summed E-state index contributed by atoms with van der Waals surface area (Å²) in [5, 5.41) is 5.85. The van der Waals surface area contributed by atoms with Crippen molar-refractivity contribution in [1.82, 2.24) is 9.97 Å². The summed E-state index contributed by atoms with van der Waals surface area (Å²) < 4.78 is 26.8. The third-order valence-electron chi connectivity index (χ3n) is 4.71. The van der Waals surface area contributed by atoms with Crippen LogP contribution in [0.3, 0.4) is 0 Å². The number of benzene rings is 2. The van der Waals surface area contributed by atoms with Gasteiger partial charge in [0, 0.05) is 47.9 Å². The highest BCUT2D eigenvalue weighted by Crippen LogP contribution is 2.20. The highest BCUT2D eigenvalue weighted by molar-refractivity contribution is 6.02. The first-order valence-corrected chi connectivity index (χ1v) is 10.3. The number of nitrogens with zero attached hydrogens (tertiary/aromatic N) is 3. The first kappa shape index (κ1) is 22.9. The van der Waals surface area contributed by atoms with E-state index in [9.17, 15) is 13.6 Å². The number of aryl methyl sites for hydroxylation is 1.